The summed E-state index contributed by atoms with van der Waals surface area (Å²) in [5, 5.41) is 1.10. The second-order valence-corrected chi connectivity index (χ2v) is 3.31. The molecule has 0 N–H and O–H groups in total. The van der Waals surface area contributed by atoms with Crippen LogP contribution in [-0.4, -0.2) is 9.97 Å². The van der Waals surface area contributed by atoms with Gasteiger partial charge in [-0.25, -0.2) is 4.98 Å². The smallest absolute Gasteiger partial charge is 0.0998 e. The van der Waals surface area contributed by atoms with Crippen molar-refractivity contribution in [3.8, 4) is 0 Å². The monoisotopic (exact) mass is 150 g/mol. The molecule has 0 fully saturated rings. The number of thiazole rings is 1. The zero-order valence-electron chi connectivity index (χ0n) is 5.53. The summed E-state index contributed by atoms with van der Waals surface area (Å²) in [6.07, 6.45) is 3.58. The first kappa shape index (κ1) is 5.80. The summed E-state index contributed by atoms with van der Waals surface area (Å²) < 4.78 is 1.22. The molecule has 0 aliphatic heterocycles. The van der Waals surface area contributed by atoms with Crippen molar-refractivity contribution in [3.05, 3.63) is 23.5 Å². The van der Waals surface area contributed by atoms with Gasteiger partial charge in [-0.05, 0) is 13.0 Å². The summed E-state index contributed by atoms with van der Waals surface area (Å²) in [4.78, 5) is 8.24. The zero-order chi connectivity index (χ0) is 6.97. The normalized spacial score (nSPS) is 10.5. The molecule has 0 aromatic carbocycles. The number of pyridine rings is 1. The van der Waals surface area contributed by atoms with E-state index in [1.165, 1.54) is 4.70 Å². The van der Waals surface area contributed by atoms with Gasteiger partial charge < -0.3 is 0 Å². The molecular weight excluding hydrogens is 144 g/mol. The van der Waals surface area contributed by atoms with E-state index in [1.807, 2.05) is 13.0 Å². The van der Waals surface area contributed by atoms with Crippen molar-refractivity contribution in [1.82, 2.24) is 9.97 Å². The number of hydrogen-bond donors (Lipinski definition) is 0. The van der Waals surface area contributed by atoms with Crippen LogP contribution in [0.25, 0.3) is 10.2 Å². The van der Waals surface area contributed by atoms with Gasteiger partial charge in [-0.2, -0.15) is 0 Å². The Kier molecular flexibility index (Phi) is 1.17. The largest absolute Gasteiger partial charge is 0.262 e. The highest BCUT2D eigenvalue weighted by Crippen LogP contribution is 2.18. The Morgan fingerprint density at radius 1 is 1.50 bits per heavy atom. The van der Waals surface area contributed by atoms with E-state index in [2.05, 4.69) is 9.97 Å². The molecule has 10 heavy (non-hydrogen) atoms. The van der Waals surface area contributed by atoms with Crippen molar-refractivity contribution in [2.75, 3.05) is 0 Å². The fourth-order valence-electron chi connectivity index (χ4n) is 0.895. The number of rotatable bonds is 0. The van der Waals surface area contributed by atoms with Crippen LogP contribution in [0.1, 0.15) is 5.01 Å². The highest BCUT2D eigenvalue weighted by molar-refractivity contribution is 7.18. The topological polar surface area (TPSA) is 25.8 Å². The second kappa shape index (κ2) is 2.02. The third-order valence-corrected chi connectivity index (χ3v) is 2.25. The number of aromatic nitrogens is 2. The fourth-order valence-corrected chi connectivity index (χ4v) is 1.69. The molecule has 0 amide bonds. The lowest BCUT2D eigenvalue weighted by atomic mass is 10.5. The van der Waals surface area contributed by atoms with Crippen LogP contribution in [0.4, 0.5) is 0 Å². The maximum atomic E-state index is 4.27. The van der Waals surface area contributed by atoms with Gasteiger partial charge in [0, 0.05) is 6.20 Å². The third kappa shape index (κ3) is 0.789. The highest BCUT2D eigenvalue weighted by atomic mass is 32.1. The van der Waals surface area contributed by atoms with Crippen LogP contribution in [0.5, 0.6) is 0 Å². The van der Waals surface area contributed by atoms with E-state index in [-0.39, 0.29) is 0 Å². The summed E-state index contributed by atoms with van der Waals surface area (Å²) >= 11 is 1.70. The molecule has 0 saturated heterocycles. The predicted octanol–water partition coefficient (Wildman–Crippen LogP) is 2.00. The molecule has 50 valence electrons. The molecule has 0 unspecified atom stereocenters. The van der Waals surface area contributed by atoms with Gasteiger partial charge in [0.1, 0.15) is 0 Å². The number of nitrogens with zero attached hydrogens (tertiary/aromatic N) is 2. The van der Waals surface area contributed by atoms with E-state index < -0.39 is 0 Å². The molecule has 2 rings (SSSR count). The number of fused-ring (bicyclic) bond motifs is 1. The molecule has 3 heteroatoms. The second-order valence-electron chi connectivity index (χ2n) is 2.08. The van der Waals surface area contributed by atoms with Crippen LogP contribution >= 0.6 is 11.3 Å². The van der Waals surface area contributed by atoms with E-state index in [0.29, 0.717) is 0 Å². The van der Waals surface area contributed by atoms with E-state index in [4.69, 9.17) is 0 Å². The molecule has 0 radical (unpaired) electrons. The van der Waals surface area contributed by atoms with Crippen LogP contribution < -0.4 is 0 Å². The number of aryl methyl sites for hydroxylation is 1. The van der Waals surface area contributed by atoms with Crippen LogP contribution in [-0.2, 0) is 0 Å². The van der Waals surface area contributed by atoms with E-state index in [9.17, 15) is 0 Å². The lowest BCUT2D eigenvalue weighted by Gasteiger charge is -1.80. The fraction of sp³-hybridized carbons (Fsp3) is 0.143. The molecule has 2 nitrogen and oxygen atoms in total. The van der Waals surface area contributed by atoms with Crippen molar-refractivity contribution in [2.45, 2.75) is 6.92 Å². The van der Waals surface area contributed by atoms with Crippen molar-refractivity contribution >= 4 is 21.6 Å². The Morgan fingerprint density at radius 2 is 2.40 bits per heavy atom. The first-order valence-electron chi connectivity index (χ1n) is 3.03. The summed E-state index contributed by atoms with van der Waals surface area (Å²) in [5.41, 5.74) is 1.00. The quantitative estimate of drug-likeness (QED) is 0.574. The molecule has 2 heterocycles. The Morgan fingerprint density at radius 3 is 3.20 bits per heavy atom. The molecule has 0 aliphatic carbocycles. The van der Waals surface area contributed by atoms with Gasteiger partial charge in [0.25, 0.3) is 0 Å². The molecule has 0 saturated carbocycles. The van der Waals surface area contributed by atoms with Crippen molar-refractivity contribution in [3.63, 3.8) is 0 Å². The average molecular weight is 150 g/mol. The zero-order valence-corrected chi connectivity index (χ0v) is 6.35. The minimum Gasteiger partial charge on any atom is -0.262 e. The minimum atomic E-state index is 1.00. The first-order valence-corrected chi connectivity index (χ1v) is 3.85. The molecule has 0 aliphatic rings. The molecule has 2 aromatic rings. The lowest BCUT2D eigenvalue weighted by molar-refractivity contribution is 1.30. The SMILES string of the molecule is Cc1nc2cnccc2s1. The van der Waals surface area contributed by atoms with Gasteiger partial charge >= 0.3 is 0 Å². The van der Waals surface area contributed by atoms with Gasteiger partial charge in [-0.15, -0.1) is 11.3 Å². The number of hydrogen-bond acceptors (Lipinski definition) is 3. The summed E-state index contributed by atoms with van der Waals surface area (Å²) in [6, 6.07) is 1.99. The van der Waals surface area contributed by atoms with Crippen molar-refractivity contribution in [2.24, 2.45) is 0 Å². The van der Waals surface area contributed by atoms with Crippen LogP contribution in [0.2, 0.25) is 0 Å². The van der Waals surface area contributed by atoms with Crippen molar-refractivity contribution < 1.29 is 0 Å². The van der Waals surface area contributed by atoms with Gasteiger partial charge in [-0.3, -0.25) is 4.98 Å². The van der Waals surface area contributed by atoms with E-state index >= 15 is 0 Å². The molecule has 0 bridgehead atoms. The summed E-state index contributed by atoms with van der Waals surface area (Å²) in [6.45, 7) is 2.00. The summed E-state index contributed by atoms with van der Waals surface area (Å²) in [7, 11) is 0. The van der Waals surface area contributed by atoms with Gasteiger partial charge in [0.2, 0.25) is 0 Å². The Balaban J connectivity index is 2.88. The molecule has 0 atom stereocenters. The Hall–Kier alpha value is -0.960. The van der Waals surface area contributed by atoms with Crippen LogP contribution in [0.15, 0.2) is 18.5 Å². The standard InChI is InChI=1S/C7H6N2S/c1-5-9-6-4-8-3-2-7(6)10-5/h2-4H,1H3. The van der Waals surface area contributed by atoms with Gasteiger partial charge in [0.15, 0.2) is 0 Å². The van der Waals surface area contributed by atoms with Crippen LogP contribution in [0, 0.1) is 6.92 Å². The highest BCUT2D eigenvalue weighted by Gasteiger charge is 1.96. The summed E-state index contributed by atoms with van der Waals surface area (Å²) in [5.74, 6) is 0. The van der Waals surface area contributed by atoms with E-state index in [1.54, 1.807) is 23.7 Å². The van der Waals surface area contributed by atoms with E-state index in [0.717, 1.165) is 10.5 Å². The third-order valence-electron chi connectivity index (χ3n) is 1.30. The van der Waals surface area contributed by atoms with Gasteiger partial charge in [0.05, 0.1) is 21.4 Å². The molecule has 0 spiro atoms. The Bertz CT molecular complexity index is 320. The predicted molar refractivity (Wildman–Crippen MR) is 42.2 cm³/mol. The van der Waals surface area contributed by atoms with Crippen LogP contribution in [0.3, 0.4) is 0 Å². The minimum absolute atomic E-state index is 1.00. The molecule has 2 aromatic heterocycles. The van der Waals surface area contributed by atoms with Gasteiger partial charge in [-0.1, -0.05) is 0 Å². The average Bonchev–Trinajstić information content (AvgIpc) is 2.27. The maximum absolute atomic E-state index is 4.27. The maximum Gasteiger partial charge on any atom is 0.0998 e. The lowest BCUT2D eigenvalue weighted by Crippen LogP contribution is -1.69. The Labute approximate surface area is 62.6 Å². The van der Waals surface area contributed by atoms with Crippen molar-refractivity contribution in [1.29, 1.82) is 0 Å². The first-order chi connectivity index (χ1) is 4.86. The molecular formula is C7H6N2S.